The smallest absolute Gasteiger partial charge is 0.416 e. The molecule has 30 heavy (non-hydrogen) atoms. The van der Waals surface area contributed by atoms with Gasteiger partial charge in [0.25, 0.3) is 5.91 Å². The van der Waals surface area contributed by atoms with Crippen LogP contribution in [-0.4, -0.2) is 53.1 Å². The standard InChI is InChI=1S/C22H22N2O6/c1-3-8-30-22(28)24-16-11-18(25)19(29-2)10-15(16)20(26)23-12-14-7-5-4-6-13(14)9-17(23)21(24)27/h3-7,10-11,17,21,25,27H,1,8-9,12H2,2H3. The van der Waals surface area contributed by atoms with E-state index < -0.39 is 18.4 Å². The Morgan fingerprint density at radius 2 is 2.03 bits per heavy atom. The van der Waals surface area contributed by atoms with Crippen molar-refractivity contribution in [3.05, 3.63) is 65.7 Å². The molecule has 2 amide bonds. The van der Waals surface area contributed by atoms with E-state index in [0.29, 0.717) is 6.42 Å². The molecule has 2 aromatic rings. The second kappa shape index (κ2) is 7.72. The first kappa shape index (κ1) is 19.8. The number of rotatable bonds is 3. The van der Waals surface area contributed by atoms with Gasteiger partial charge >= 0.3 is 6.09 Å². The van der Waals surface area contributed by atoms with Crippen molar-refractivity contribution in [1.29, 1.82) is 0 Å². The second-order valence-electron chi connectivity index (χ2n) is 7.16. The van der Waals surface area contributed by atoms with Crippen molar-refractivity contribution in [2.75, 3.05) is 18.6 Å². The number of carbonyl (C=O) groups excluding carboxylic acids is 2. The number of phenolic OH excluding ortho intramolecular Hbond substituents is 1. The Morgan fingerprint density at radius 1 is 1.30 bits per heavy atom. The predicted molar refractivity (Wildman–Crippen MR) is 108 cm³/mol. The Kier molecular flexibility index (Phi) is 5.09. The number of phenols is 1. The summed E-state index contributed by atoms with van der Waals surface area (Å²) in [5, 5.41) is 21.5. The van der Waals surface area contributed by atoms with Gasteiger partial charge in [0.15, 0.2) is 17.7 Å². The molecule has 4 rings (SSSR count). The van der Waals surface area contributed by atoms with Crippen LogP contribution in [0.1, 0.15) is 21.5 Å². The Hall–Kier alpha value is -3.52. The number of hydrogen-bond acceptors (Lipinski definition) is 6. The zero-order valence-electron chi connectivity index (χ0n) is 16.4. The van der Waals surface area contributed by atoms with E-state index in [9.17, 15) is 19.8 Å². The lowest BCUT2D eigenvalue weighted by atomic mass is 9.93. The Labute approximate surface area is 173 Å². The molecule has 0 saturated heterocycles. The molecule has 0 bridgehead atoms. The monoisotopic (exact) mass is 410 g/mol. The highest BCUT2D eigenvalue weighted by molar-refractivity contribution is 6.06. The van der Waals surface area contributed by atoms with E-state index in [1.165, 1.54) is 25.3 Å². The Bertz CT molecular complexity index is 1020. The fourth-order valence-electron chi connectivity index (χ4n) is 4.00. The highest BCUT2D eigenvalue weighted by atomic mass is 16.6. The number of hydrogen-bond donors (Lipinski definition) is 2. The van der Waals surface area contributed by atoms with Gasteiger partial charge in [-0.3, -0.25) is 4.79 Å². The molecule has 2 N–H and O–H groups in total. The van der Waals surface area contributed by atoms with Crippen LogP contribution in [0.5, 0.6) is 11.5 Å². The quantitative estimate of drug-likeness (QED) is 0.754. The van der Waals surface area contributed by atoms with Gasteiger partial charge in [0.05, 0.1) is 24.4 Å². The lowest BCUT2D eigenvalue weighted by Crippen LogP contribution is -2.55. The van der Waals surface area contributed by atoms with Gasteiger partial charge in [-0.2, -0.15) is 0 Å². The van der Waals surface area contributed by atoms with Crippen LogP contribution in [0.4, 0.5) is 10.5 Å². The van der Waals surface area contributed by atoms with Crippen LogP contribution >= 0.6 is 0 Å². The molecule has 156 valence electrons. The summed E-state index contributed by atoms with van der Waals surface area (Å²) >= 11 is 0. The van der Waals surface area contributed by atoms with Crippen molar-refractivity contribution >= 4 is 17.7 Å². The first-order chi connectivity index (χ1) is 14.5. The molecule has 8 nitrogen and oxygen atoms in total. The van der Waals surface area contributed by atoms with Crippen LogP contribution in [0, 0.1) is 0 Å². The summed E-state index contributed by atoms with van der Waals surface area (Å²) in [5.41, 5.74) is 2.15. The molecule has 2 unspecified atom stereocenters. The van der Waals surface area contributed by atoms with Crippen molar-refractivity contribution in [2.45, 2.75) is 25.2 Å². The van der Waals surface area contributed by atoms with E-state index in [1.807, 2.05) is 24.3 Å². The van der Waals surface area contributed by atoms with Crippen molar-refractivity contribution in [3.63, 3.8) is 0 Å². The highest BCUT2D eigenvalue weighted by Crippen LogP contribution is 2.40. The van der Waals surface area contributed by atoms with Crippen molar-refractivity contribution in [3.8, 4) is 11.5 Å². The van der Waals surface area contributed by atoms with Crippen LogP contribution in [0.15, 0.2) is 49.1 Å². The Balaban J connectivity index is 1.87. The lowest BCUT2D eigenvalue weighted by molar-refractivity contribution is 0.0299. The molecule has 0 radical (unpaired) electrons. The van der Waals surface area contributed by atoms with E-state index in [-0.39, 0.29) is 41.8 Å². The number of carbonyl (C=O) groups is 2. The minimum Gasteiger partial charge on any atom is -0.504 e. The lowest BCUT2D eigenvalue weighted by Gasteiger charge is -2.39. The molecular formula is C22H22N2O6. The SMILES string of the molecule is C=CCOC(=O)N1c2cc(O)c(OC)cc2C(=O)N2Cc3ccccc3CC2C1O. The molecule has 2 aliphatic heterocycles. The van der Waals surface area contributed by atoms with Crippen LogP contribution in [0.2, 0.25) is 0 Å². The van der Waals surface area contributed by atoms with Crippen molar-refractivity contribution < 1.29 is 29.3 Å². The van der Waals surface area contributed by atoms with Gasteiger partial charge in [-0.15, -0.1) is 0 Å². The third-order valence-electron chi connectivity index (χ3n) is 5.47. The number of anilines is 1. The van der Waals surface area contributed by atoms with Crippen LogP contribution < -0.4 is 9.64 Å². The summed E-state index contributed by atoms with van der Waals surface area (Å²) in [6, 6.07) is 9.58. The highest BCUT2D eigenvalue weighted by Gasteiger charge is 2.45. The Morgan fingerprint density at radius 3 is 2.73 bits per heavy atom. The van der Waals surface area contributed by atoms with Gasteiger partial charge in [-0.1, -0.05) is 36.9 Å². The van der Waals surface area contributed by atoms with Gasteiger partial charge in [-0.25, -0.2) is 9.69 Å². The van der Waals surface area contributed by atoms with Gasteiger partial charge in [0, 0.05) is 12.6 Å². The largest absolute Gasteiger partial charge is 0.504 e. The van der Waals surface area contributed by atoms with Gasteiger partial charge < -0.3 is 24.6 Å². The molecule has 0 fully saturated rings. The van der Waals surface area contributed by atoms with E-state index in [2.05, 4.69) is 6.58 Å². The fourth-order valence-corrected chi connectivity index (χ4v) is 4.00. The zero-order chi connectivity index (χ0) is 21.4. The third kappa shape index (κ3) is 3.15. The molecule has 2 heterocycles. The van der Waals surface area contributed by atoms with Crippen molar-refractivity contribution in [2.24, 2.45) is 0 Å². The summed E-state index contributed by atoms with van der Waals surface area (Å²) in [6.45, 7) is 3.74. The van der Waals surface area contributed by atoms with Crippen LogP contribution in [0.3, 0.4) is 0 Å². The fraction of sp³-hybridized carbons (Fsp3) is 0.273. The topological polar surface area (TPSA) is 99.5 Å². The van der Waals surface area contributed by atoms with E-state index in [1.54, 1.807) is 4.90 Å². The normalized spacial score (nSPS) is 19.9. The predicted octanol–water partition coefficient (Wildman–Crippen LogP) is 2.43. The number of aliphatic hydroxyl groups excluding tert-OH is 1. The molecule has 0 spiro atoms. The molecular weight excluding hydrogens is 388 g/mol. The second-order valence-corrected chi connectivity index (χ2v) is 7.16. The van der Waals surface area contributed by atoms with Crippen LogP contribution in [-0.2, 0) is 17.7 Å². The van der Waals surface area contributed by atoms with Crippen molar-refractivity contribution in [1.82, 2.24) is 4.90 Å². The maximum absolute atomic E-state index is 13.5. The number of aliphatic hydroxyl groups is 1. The minimum atomic E-state index is -1.38. The minimum absolute atomic E-state index is 0.0540. The first-order valence-electron chi connectivity index (χ1n) is 9.50. The summed E-state index contributed by atoms with van der Waals surface area (Å²) in [7, 11) is 1.37. The molecule has 0 saturated carbocycles. The molecule has 2 atom stereocenters. The molecule has 0 aromatic heterocycles. The number of benzene rings is 2. The molecule has 8 heteroatoms. The number of fused-ring (bicyclic) bond motifs is 3. The molecule has 0 aliphatic carbocycles. The average molecular weight is 410 g/mol. The summed E-state index contributed by atoms with van der Waals surface area (Å²) in [4.78, 5) is 28.9. The maximum atomic E-state index is 13.5. The van der Waals surface area contributed by atoms with E-state index in [0.717, 1.165) is 16.0 Å². The van der Waals surface area contributed by atoms with Crippen LogP contribution in [0.25, 0.3) is 0 Å². The summed E-state index contributed by atoms with van der Waals surface area (Å²) < 4.78 is 10.3. The summed E-state index contributed by atoms with van der Waals surface area (Å²) in [6.07, 6.45) is -0.454. The molecule has 2 aliphatic rings. The number of amides is 2. The average Bonchev–Trinajstić information content (AvgIpc) is 2.83. The number of ether oxygens (including phenoxy) is 2. The van der Waals surface area contributed by atoms with E-state index >= 15 is 0 Å². The van der Waals surface area contributed by atoms with E-state index in [4.69, 9.17) is 9.47 Å². The number of methoxy groups -OCH3 is 1. The number of nitrogens with zero attached hydrogens (tertiary/aromatic N) is 2. The number of aromatic hydroxyl groups is 1. The first-order valence-corrected chi connectivity index (χ1v) is 9.50. The zero-order valence-corrected chi connectivity index (χ0v) is 16.4. The van der Waals surface area contributed by atoms with Gasteiger partial charge in [0.1, 0.15) is 6.61 Å². The van der Waals surface area contributed by atoms with Gasteiger partial charge in [-0.05, 0) is 23.6 Å². The summed E-state index contributed by atoms with van der Waals surface area (Å²) in [5.74, 6) is -0.548. The molecule has 2 aromatic carbocycles. The maximum Gasteiger partial charge on any atom is 0.416 e. The third-order valence-corrected chi connectivity index (χ3v) is 5.47. The van der Waals surface area contributed by atoms with Gasteiger partial charge in [0.2, 0.25) is 0 Å².